The molecule has 0 aromatic carbocycles. The molecule has 2 bridgehead atoms. The third-order valence-corrected chi connectivity index (χ3v) is 5.53. The Morgan fingerprint density at radius 3 is 2.86 bits per heavy atom. The van der Waals surface area contributed by atoms with Crippen molar-refractivity contribution >= 4 is 59.4 Å². The standard InChI is InChI=1S/C15H16Br3ClO2/c1-9-15-13(18)8-12(17)14(21-15)7-10(19)4-5-11(20-9)3-2-6-16/h3-6,9-11,13,15H,7-8H2,1H3. The molecule has 5 atom stereocenters. The zero-order valence-electron chi connectivity index (χ0n) is 11.4. The highest BCUT2D eigenvalue weighted by molar-refractivity contribution is 9.12. The van der Waals surface area contributed by atoms with E-state index in [9.17, 15) is 0 Å². The topological polar surface area (TPSA) is 18.5 Å². The lowest BCUT2D eigenvalue weighted by Crippen LogP contribution is -2.41. The fraction of sp³-hybridized carbons (Fsp3) is 0.533. The molecule has 0 aliphatic carbocycles. The van der Waals surface area contributed by atoms with Gasteiger partial charge in [-0.2, -0.15) is 0 Å². The molecule has 2 nitrogen and oxygen atoms in total. The van der Waals surface area contributed by atoms with E-state index in [4.69, 9.17) is 21.1 Å². The highest BCUT2D eigenvalue weighted by atomic mass is 79.9. The van der Waals surface area contributed by atoms with Crippen LogP contribution in [0.2, 0.25) is 0 Å². The normalized spacial score (nSPS) is 36.5. The third kappa shape index (κ3) is 4.98. The van der Waals surface area contributed by atoms with Gasteiger partial charge in [0.2, 0.25) is 0 Å². The summed E-state index contributed by atoms with van der Waals surface area (Å²) in [6.45, 7) is 2.03. The first-order valence-corrected chi connectivity index (χ1v) is 9.74. The van der Waals surface area contributed by atoms with Gasteiger partial charge in [0.25, 0.3) is 0 Å². The van der Waals surface area contributed by atoms with E-state index in [-0.39, 0.29) is 28.5 Å². The quantitative estimate of drug-likeness (QED) is 0.266. The van der Waals surface area contributed by atoms with E-state index >= 15 is 0 Å². The average molecular weight is 503 g/mol. The molecule has 0 spiro atoms. The molecule has 0 radical (unpaired) electrons. The molecule has 2 rings (SSSR count). The summed E-state index contributed by atoms with van der Waals surface area (Å²) in [7, 11) is 0. The summed E-state index contributed by atoms with van der Waals surface area (Å²) in [6, 6.07) is 0. The van der Waals surface area contributed by atoms with Gasteiger partial charge in [0.15, 0.2) is 0 Å². The zero-order valence-corrected chi connectivity index (χ0v) is 17.0. The monoisotopic (exact) mass is 500 g/mol. The van der Waals surface area contributed by atoms with E-state index in [0.29, 0.717) is 6.42 Å². The zero-order chi connectivity index (χ0) is 15.4. The van der Waals surface area contributed by atoms with Crippen molar-refractivity contribution in [2.24, 2.45) is 0 Å². The maximum atomic E-state index is 6.36. The fourth-order valence-corrected chi connectivity index (χ4v) is 4.60. The van der Waals surface area contributed by atoms with Crippen molar-refractivity contribution in [3.63, 3.8) is 0 Å². The first-order chi connectivity index (χ1) is 10.0. The second kappa shape index (κ2) is 8.37. The highest BCUT2D eigenvalue weighted by Crippen LogP contribution is 2.37. The van der Waals surface area contributed by atoms with Gasteiger partial charge in [-0.1, -0.05) is 59.9 Å². The molecule has 0 saturated heterocycles. The second-order valence-electron chi connectivity index (χ2n) is 4.98. The van der Waals surface area contributed by atoms with E-state index in [0.717, 1.165) is 16.7 Å². The van der Waals surface area contributed by atoms with Crippen LogP contribution in [0.1, 0.15) is 19.8 Å². The number of allylic oxidation sites excluding steroid dienone is 3. The van der Waals surface area contributed by atoms with Crippen molar-refractivity contribution in [3.05, 3.63) is 39.2 Å². The van der Waals surface area contributed by atoms with Gasteiger partial charge in [-0.05, 0) is 19.4 Å². The van der Waals surface area contributed by atoms with Crippen LogP contribution >= 0.6 is 59.4 Å². The van der Waals surface area contributed by atoms with Gasteiger partial charge in [-0.3, -0.25) is 0 Å². The summed E-state index contributed by atoms with van der Waals surface area (Å²) in [4.78, 5) is 1.88. The largest absolute Gasteiger partial charge is 0.490 e. The molecule has 0 saturated carbocycles. The Balaban J connectivity index is 2.29. The predicted octanol–water partition coefficient (Wildman–Crippen LogP) is 5.55. The van der Waals surface area contributed by atoms with Crippen molar-refractivity contribution in [1.29, 1.82) is 0 Å². The number of halogens is 4. The number of alkyl halides is 2. The summed E-state index contributed by atoms with van der Waals surface area (Å²) >= 11 is 16.9. The summed E-state index contributed by atoms with van der Waals surface area (Å²) < 4.78 is 13.3. The van der Waals surface area contributed by atoms with Crippen molar-refractivity contribution in [1.82, 2.24) is 0 Å². The minimum Gasteiger partial charge on any atom is -0.490 e. The molecule has 0 amide bonds. The Labute approximate surface area is 155 Å². The maximum Gasteiger partial charge on any atom is 0.137 e. The lowest BCUT2D eigenvalue weighted by atomic mass is 10.0. The van der Waals surface area contributed by atoms with Gasteiger partial charge >= 0.3 is 0 Å². The van der Waals surface area contributed by atoms with Crippen molar-refractivity contribution in [2.45, 2.75) is 48.3 Å². The van der Waals surface area contributed by atoms with Crippen LogP contribution in [0.15, 0.2) is 39.2 Å². The number of ether oxygens (including phenoxy) is 2. The molecule has 0 fully saturated rings. The first-order valence-electron chi connectivity index (χ1n) is 6.68. The van der Waals surface area contributed by atoms with Crippen LogP contribution in [0.4, 0.5) is 0 Å². The lowest BCUT2D eigenvalue weighted by Gasteiger charge is -2.36. The summed E-state index contributed by atoms with van der Waals surface area (Å²) in [6.07, 6.45) is 7.05. The molecule has 0 N–H and O–H groups in total. The molecule has 0 aromatic heterocycles. The number of hydrogen-bond acceptors (Lipinski definition) is 2. The second-order valence-corrected chi connectivity index (χ2v) is 8.14. The SMILES string of the molecule is CC1OC(C=C=CBr)C=CC(Cl)CC2=C(Br)CC(Br)C1O2. The lowest BCUT2D eigenvalue weighted by molar-refractivity contribution is -0.0573. The average Bonchev–Trinajstić information content (AvgIpc) is 2.44. The Morgan fingerprint density at radius 2 is 2.14 bits per heavy atom. The van der Waals surface area contributed by atoms with Crippen molar-refractivity contribution in [3.8, 4) is 0 Å². The molecule has 2 aliphatic rings. The molecule has 116 valence electrons. The van der Waals surface area contributed by atoms with Gasteiger partial charge in [0.05, 0.1) is 16.3 Å². The molecule has 2 aliphatic heterocycles. The van der Waals surface area contributed by atoms with Crippen molar-refractivity contribution in [2.75, 3.05) is 0 Å². The van der Waals surface area contributed by atoms with E-state index < -0.39 is 0 Å². The number of hydrogen-bond donors (Lipinski definition) is 0. The molecule has 0 aromatic rings. The van der Waals surface area contributed by atoms with Crippen LogP contribution in [0.3, 0.4) is 0 Å². The number of fused-ring (bicyclic) bond motifs is 2. The van der Waals surface area contributed by atoms with Gasteiger partial charge in [0.1, 0.15) is 18.0 Å². The summed E-state index contributed by atoms with van der Waals surface area (Å²) in [5, 5.41) is -0.124. The minimum atomic E-state index is -0.172. The van der Waals surface area contributed by atoms with E-state index in [1.807, 2.05) is 25.2 Å². The van der Waals surface area contributed by atoms with Crippen molar-refractivity contribution < 1.29 is 9.47 Å². The van der Waals surface area contributed by atoms with Gasteiger partial charge in [-0.15, -0.1) is 17.3 Å². The van der Waals surface area contributed by atoms with Crippen LogP contribution in [-0.2, 0) is 9.47 Å². The summed E-state index contributed by atoms with van der Waals surface area (Å²) in [5.74, 6) is 0.921. The molecule has 21 heavy (non-hydrogen) atoms. The van der Waals surface area contributed by atoms with Crippen LogP contribution in [0, 0.1) is 0 Å². The predicted molar refractivity (Wildman–Crippen MR) is 97.5 cm³/mol. The third-order valence-electron chi connectivity index (χ3n) is 3.36. The van der Waals surface area contributed by atoms with Crippen LogP contribution in [-0.4, -0.2) is 28.5 Å². The number of rotatable bonds is 1. The smallest absolute Gasteiger partial charge is 0.137 e. The minimum absolute atomic E-state index is 0.0412. The van der Waals surface area contributed by atoms with E-state index in [2.05, 4.69) is 53.5 Å². The van der Waals surface area contributed by atoms with Gasteiger partial charge in [-0.25, -0.2) is 0 Å². The highest BCUT2D eigenvalue weighted by Gasteiger charge is 2.35. The maximum absolute atomic E-state index is 6.36. The van der Waals surface area contributed by atoms with Crippen LogP contribution < -0.4 is 0 Å². The summed E-state index contributed by atoms with van der Waals surface area (Å²) in [5.41, 5.74) is 2.99. The first kappa shape index (κ1) is 17.8. The molecular weight excluding hydrogens is 487 g/mol. The van der Waals surface area contributed by atoms with Gasteiger partial charge < -0.3 is 9.47 Å². The Morgan fingerprint density at radius 1 is 1.38 bits per heavy atom. The Bertz CT molecular complexity index is 497. The van der Waals surface area contributed by atoms with Gasteiger partial charge in [0, 0.05) is 15.9 Å². The Hall–Kier alpha value is 0.490. The molecule has 6 heteroatoms. The fourth-order valence-electron chi connectivity index (χ4n) is 2.32. The van der Waals surface area contributed by atoms with Crippen LogP contribution in [0.5, 0.6) is 0 Å². The van der Waals surface area contributed by atoms with E-state index in [1.54, 1.807) is 4.99 Å². The molecular formula is C15H16Br3ClO2. The molecule has 5 unspecified atom stereocenters. The molecule has 2 heterocycles. The Kier molecular flexibility index (Phi) is 7.11. The van der Waals surface area contributed by atoms with E-state index in [1.165, 1.54) is 0 Å². The van der Waals surface area contributed by atoms with Crippen LogP contribution in [0.25, 0.3) is 0 Å².